The summed E-state index contributed by atoms with van der Waals surface area (Å²) in [4.78, 5) is 15.7. The predicted molar refractivity (Wildman–Crippen MR) is 114 cm³/mol. The summed E-state index contributed by atoms with van der Waals surface area (Å²) < 4.78 is 19.0. The van der Waals surface area contributed by atoms with Gasteiger partial charge in [0.1, 0.15) is 11.6 Å². The number of hydrogen-bond donors (Lipinski definition) is 3. The van der Waals surface area contributed by atoms with Gasteiger partial charge in [-0.05, 0) is 55.5 Å². The summed E-state index contributed by atoms with van der Waals surface area (Å²) in [6, 6.07) is 20.8. The quantitative estimate of drug-likeness (QED) is 0.391. The number of aromatic amines is 1. The summed E-state index contributed by atoms with van der Waals surface area (Å²) in [5.41, 5.74) is 3.81. The van der Waals surface area contributed by atoms with Crippen LogP contribution >= 0.6 is 0 Å². The molecule has 0 aliphatic rings. The van der Waals surface area contributed by atoms with Crippen LogP contribution in [0.4, 0.5) is 20.6 Å². The van der Waals surface area contributed by atoms with Crippen LogP contribution in [-0.2, 0) is 0 Å². The number of H-pyrrole nitrogens is 1. The van der Waals surface area contributed by atoms with Crippen molar-refractivity contribution in [2.24, 2.45) is 0 Å². The van der Waals surface area contributed by atoms with Gasteiger partial charge in [-0.1, -0.05) is 24.3 Å². The fourth-order valence-electron chi connectivity index (χ4n) is 3.16. The van der Waals surface area contributed by atoms with Crippen molar-refractivity contribution in [1.29, 1.82) is 0 Å². The van der Waals surface area contributed by atoms with E-state index in [1.165, 1.54) is 12.1 Å². The molecule has 0 radical (unpaired) electrons. The Hall–Kier alpha value is -3.80. The van der Waals surface area contributed by atoms with Gasteiger partial charge in [-0.15, -0.1) is 0 Å². The standard InChI is InChI=1S/C23H20FN3O2/c1-2-29-22-9-4-3-8-20(22)27-23(28)25-18-7-5-6-15(13-18)21-14-16-12-17(24)10-11-19(16)26-21/h3-14,26H,2H2,1H3,(H2,25,27,28). The van der Waals surface area contributed by atoms with Gasteiger partial charge in [-0.25, -0.2) is 9.18 Å². The van der Waals surface area contributed by atoms with E-state index in [9.17, 15) is 9.18 Å². The zero-order valence-electron chi connectivity index (χ0n) is 15.8. The molecule has 0 spiro atoms. The van der Waals surface area contributed by atoms with Gasteiger partial charge < -0.3 is 20.4 Å². The van der Waals surface area contributed by atoms with Crippen LogP contribution in [-0.4, -0.2) is 17.6 Å². The largest absolute Gasteiger partial charge is 0.492 e. The number of benzene rings is 3. The fraction of sp³-hybridized carbons (Fsp3) is 0.0870. The minimum atomic E-state index is -0.368. The molecule has 0 bridgehead atoms. The van der Waals surface area contributed by atoms with E-state index in [0.29, 0.717) is 23.7 Å². The number of urea groups is 1. The van der Waals surface area contributed by atoms with Crippen LogP contribution in [0.15, 0.2) is 72.8 Å². The summed E-state index contributed by atoms with van der Waals surface area (Å²) in [5.74, 6) is 0.340. The second-order valence-corrected chi connectivity index (χ2v) is 6.50. The molecule has 2 amide bonds. The highest BCUT2D eigenvalue weighted by Gasteiger charge is 2.09. The van der Waals surface area contributed by atoms with E-state index in [4.69, 9.17) is 4.74 Å². The molecule has 4 rings (SSSR count). The number of ether oxygens (including phenoxy) is 1. The normalized spacial score (nSPS) is 10.7. The van der Waals surface area contributed by atoms with E-state index in [0.717, 1.165) is 22.2 Å². The molecule has 3 aromatic carbocycles. The lowest BCUT2D eigenvalue weighted by Gasteiger charge is -2.12. The van der Waals surface area contributed by atoms with Gasteiger partial charge in [0.05, 0.1) is 12.3 Å². The summed E-state index contributed by atoms with van der Waals surface area (Å²) >= 11 is 0. The molecule has 6 heteroatoms. The lowest BCUT2D eigenvalue weighted by atomic mass is 10.1. The van der Waals surface area contributed by atoms with Crippen LogP contribution in [0, 0.1) is 5.82 Å². The van der Waals surface area contributed by atoms with Gasteiger partial charge in [-0.2, -0.15) is 0 Å². The number of carbonyl (C=O) groups excluding carboxylic acids is 1. The minimum Gasteiger partial charge on any atom is -0.492 e. The molecule has 5 nitrogen and oxygen atoms in total. The number of fused-ring (bicyclic) bond motifs is 1. The van der Waals surface area contributed by atoms with Crippen LogP contribution in [0.5, 0.6) is 5.75 Å². The SMILES string of the molecule is CCOc1ccccc1NC(=O)Nc1cccc(-c2cc3cc(F)ccc3[nH]2)c1. The highest BCUT2D eigenvalue weighted by molar-refractivity contribution is 6.01. The third-order valence-electron chi connectivity index (χ3n) is 4.45. The molecule has 0 unspecified atom stereocenters. The van der Waals surface area contributed by atoms with E-state index in [-0.39, 0.29) is 11.8 Å². The zero-order valence-corrected chi connectivity index (χ0v) is 15.8. The van der Waals surface area contributed by atoms with E-state index in [2.05, 4.69) is 15.6 Å². The number of amides is 2. The molecular weight excluding hydrogens is 369 g/mol. The van der Waals surface area contributed by atoms with Gasteiger partial charge in [-0.3, -0.25) is 0 Å². The Bertz CT molecular complexity index is 1170. The second-order valence-electron chi connectivity index (χ2n) is 6.50. The molecule has 146 valence electrons. The molecule has 0 atom stereocenters. The lowest BCUT2D eigenvalue weighted by Crippen LogP contribution is -2.19. The molecule has 29 heavy (non-hydrogen) atoms. The Balaban J connectivity index is 1.52. The summed E-state index contributed by atoms with van der Waals surface area (Å²) in [5, 5.41) is 6.43. The maximum atomic E-state index is 13.4. The Morgan fingerprint density at radius 1 is 1.00 bits per heavy atom. The third kappa shape index (κ3) is 4.21. The number of aromatic nitrogens is 1. The molecular formula is C23H20FN3O2. The molecule has 3 N–H and O–H groups in total. The molecule has 0 saturated carbocycles. The van der Waals surface area contributed by atoms with Crippen molar-refractivity contribution in [2.45, 2.75) is 6.92 Å². The molecule has 1 heterocycles. The molecule has 0 saturated heterocycles. The average molecular weight is 389 g/mol. The van der Waals surface area contributed by atoms with Gasteiger partial charge in [0.15, 0.2) is 0 Å². The fourth-order valence-corrected chi connectivity index (χ4v) is 3.16. The summed E-state index contributed by atoms with van der Waals surface area (Å²) in [7, 11) is 0. The smallest absolute Gasteiger partial charge is 0.323 e. The third-order valence-corrected chi connectivity index (χ3v) is 4.45. The van der Waals surface area contributed by atoms with Crippen molar-refractivity contribution in [3.05, 3.63) is 78.6 Å². The number of halogens is 1. The molecule has 0 aliphatic carbocycles. The van der Waals surface area contributed by atoms with Crippen molar-refractivity contribution < 1.29 is 13.9 Å². The summed E-state index contributed by atoms with van der Waals surface area (Å²) in [6.45, 7) is 2.40. The van der Waals surface area contributed by atoms with Crippen molar-refractivity contribution in [2.75, 3.05) is 17.2 Å². The molecule has 0 aliphatic heterocycles. The van der Waals surface area contributed by atoms with Crippen LogP contribution in [0.2, 0.25) is 0 Å². The number of anilines is 2. The van der Waals surface area contributed by atoms with Crippen LogP contribution in [0.1, 0.15) is 6.92 Å². The van der Waals surface area contributed by atoms with Crippen LogP contribution in [0.25, 0.3) is 22.2 Å². The first-order valence-electron chi connectivity index (χ1n) is 9.31. The van der Waals surface area contributed by atoms with E-state index in [1.54, 1.807) is 24.3 Å². The Labute approximate surface area is 167 Å². The van der Waals surface area contributed by atoms with E-state index in [1.807, 2.05) is 43.3 Å². The molecule has 0 fully saturated rings. The number of nitrogens with one attached hydrogen (secondary N) is 3. The van der Waals surface area contributed by atoms with Crippen molar-refractivity contribution >= 4 is 28.3 Å². The van der Waals surface area contributed by atoms with Crippen molar-refractivity contribution in [1.82, 2.24) is 4.98 Å². The Morgan fingerprint density at radius 3 is 2.72 bits per heavy atom. The maximum absolute atomic E-state index is 13.4. The van der Waals surface area contributed by atoms with Gasteiger partial charge in [0, 0.05) is 27.8 Å². The van der Waals surface area contributed by atoms with E-state index < -0.39 is 0 Å². The first kappa shape index (κ1) is 18.6. The van der Waals surface area contributed by atoms with Crippen molar-refractivity contribution in [3.63, 3.8) is 0 Å². The van der Waals surface area contributed by atoms with Gasteiger partial charge in [0.2, 0.25) is 0 Å². The number of carbonyl (C=O) groups is 1. The van der Waals surface area contributed by atoms with Gasteiger partial charge in [0.25, 0.3) is 0 Å². The monoisotopic (exact) mass is 389 g/mol. The second kappa shape index (κ2) is 8.06. The van der Waals surface area contributed by atoms with Crippen molar-refractivity contribution in [3.8, 4) is 17.0 Å². The highest BCUT2D eigenvalue weighted by atomic mass is 19.1. The lowest BCUT2D eigenvalue weighted by molar-refractivity contribution is 0.262. The van der Waals surface area contributed by atoms with Crippen LogP contribution in [0.3, 0.4) is 0 Å². The predicted octanol–water partition coefficient (Wildman–Crippen LogP) is 6.02. The molecule has 1 aromatic heterocycles. The number of rotatable bonds is 5. The summed E-state index contributed by atoms with van der Waals surface area (Å²) in [6.07, 6.45) is 0. The highest BCUT2D eigenvalue weighted by Crippen LogP contribution is 2.27. The van der Waals surface area contributed by atoms with E-state index >= 15 is 0 Å². The zero-order chi connectivity index (χ0) is 20.2. The maximum Gasteiger partial charge on any atom is 0.323 e. The van der Waals surface area contributed by atoms with Crippen LogP contribution < -0.4 is 15.4 Å². The first-order valence-corrected chi connectivity index (χ1v) is 9.31. The Kier molecular flexibility index (Phi) is 5.16. The van der Waals surface area contributed by atoms with Gasteiger partial charge >= 0.3 is 6.03 Å². The molecule has 4 aromatic rings. The first-order chi connectivity index (χ1) is 14.1. The number of hydrogen-bond acceptors (Lipinski definition) is 2. The Morgan fingerprint density at radius 2 is 1.86 bits per heavy atom. The number of para-hydroxylation sites is 2. The topological polar surface area (TPSA) is 66.2 Å². The minimum absolute atomic E-state index is 0.275. The average Bonchev–Trinajstić information content (AvgIpc) is 3.13.